The number of hydrogen-bond acceptors (Lipinski definition) is 3. The number of thiol groups is 1. The van der Waals surface area contributed by atoms with Gasteiger partial charge in [-0.2, -0.15) is 12.6 Å². The molecule has 0 aromatic heterocycles. The van der Waals surface area contributed by atoms with Crippen LogP contribution in [-0.2, 0) is 0 Å². The summed E-state index contributed by atoms with van der Waals surface area (Å²) in [6.07, 6.45) is 0. The van der Waals surface area contributed by atoms with Gasteiger partial charge in [-0.3, -0.25) is 0 Å². The highest BCUT2D eigenvalue weighted by atomic mass is 32.1. The van der Waals surface area contributed by atoms with Gasteiger partial charge in [0.2, 0.25) is 0 Å². The van der Waals surface area contributed by atoms with Crippen LogP contribution < -0.4 is 0 Å². The van der Waals surface area contributed by atoms with Crippen molar-refractivity contribution >= 4 is 12.6 Å². The Hall–Kier alpha value is -0.510. The number of nitrogens with zero attached hydrogens (tertiary/aromatic N) is 2. The highest BCUT2D eigenvalue weighted by Crippen LogP contribution is 2.19. The van der Waals surface area contributed by atoms with E-state index in [1.807, 2.05) is 0 Å². The van der Waals surface area contributed by atoms with Gasteiger partial charge in [-0.05, 0) is 31.3 Å². The van der Waals surface area contributed by atoms with E-state index < -0.39 is 0 Å². The summed E-state index contributed by atoms with van der Waals surface area (Å²) in [5.74, 6) is 2.12. The average Bonchev–Trinajstić information content (AvgIpc) is 2.42. The molecule has 2 nitrogen and oxygen atoms in total. The molecule has 0 N–H and O–H groups in total. The minimum Gasteiger partial charge on any atom is -0.308 e. The Morgan fingerprint density at radius 2 is 1.65 bits per heavy atom. The topological polar surface area (TPSA) is 6.48 Å². The summed E-state index contributed by atoms with van der Waals surface area (Å²) in [5, 5.41) is 0. The molecule has 0 amide bonds. The highest BCUT2D eigenvalue weighted by molar-refractivity contribution is 7.80. The molecule has 0 aliphatic heterocycles. The maximum Gasteiger partial charge on any atom is 0.0109 e. The summed E-state index contributed by atoms with van der Waals surface area (Å²) >= 11 is 4.56. The predicted octanol–water partition coefficient (Wildman–Crippen LogP) is 3.22. The Kier molecular flexibility index (Phi) is 8.27. The van der Waals surface area contributed by atoms with Gasteiger partial charge in [0.05, 0.1) is 0 Å². The Morgan fingerprint density at radius 1 is 1.00 bits per heavy atom. The summed E-state index contributed by atoms with van der Waals surface area (Å²) in [5.41, 5.74) is 1.40. The minimum atomic E-state index is 0.514. The van der Waals surface area contributed by atoms with Crippen molar-refractivity contribution < 1.29 is 0 Å². The molecule has 0 fully saturated rings. The van der Waals surface area contributed by atoms with Crippen molar-refractivity contribution in [2.45, 2.75) is 19.8 Å². The number of rotatable bonds is 9. The summed E-state index contributed by atoms with van der Waals surface area (Å²) in [7, 11) is 4.28. The van der Waals surface area contributed by atoms with Crippen LogP contribution in [0.15, 0.2) is 30.3 Å². The van der Waals surface area contributed by atoms with Crippen molar-refractivity contribution in [2.75, 3.05) is 46.0 Å². The number of hydrogen-bond donors (Lipinski definition) is 1. The second-order valence-electron chi connectivity index (χ2n) is 6.25. The maximum absolute atomic E-state index is 4.56. The van der Waals surface area contributed by atoms with Crippen molar-refractivity contribution in [3.05, 3.63) is 35.9 Å². The zero-order valence-electron chi connectivity index (χ0n) is 13.4. The largest absolute Gasteiger partial charge is 0.308 e. The smallest absolute Gasteiger partial charge is 0.0109 e. The SMILES string of the molecule is CC(C)CN(CCN(C)C)CC(CS)c1ccccc1. The van der Waals surface area contributed by atoms with Crippen molar-refractivity contribution in [1.82, 2.24) is 9.80 Å². The van der Waals surface area contributed by atoms with Gasteiger partial charge in [-0.1, -0.05) is 44.2 Å². The van der Waals surface area contributed by atoms with Gasteiger partial charge in [0, 0.05) is 32.1 Å². The summed E-state index contributed by atoms with van der Waals surface area (Å²) < 4.78 is 0. The van der Waals surface area contributed by atoms with Crippen LogP contribution in [0.3, 0.4) is 0 Å². The van der Waals surface area contributed by atoms with Crippen LogP contribution in [0.2, 0.25) is 0 Å². The normalized spacial score (nSPS) is 13.4. The lowest BCUT2D eigenvalue weighted by Crippen LogP contribution is -2.37. The van der Waals surface area contributed by atoms with Crippen LogP contribution in [0.4, 0.5) is 0 Å². The number of likely N-dealkylation sites (N-methyl/N-ethyl adjacent to an activating group) is 1. The molecule has 1 aromatic carbocycles. The summed E-state index contributed by atoms with van der Waals surface area (Å²) in [6.45, 7) is 9.08. The molecule has 0 saturated carbocycles. The Morgan fingerprint density at radius 3 is 2.15 bits per heavy atom. The lowest BCUT2D eigenvalue weighted by molar-refractivity contribution is 0.211. The molecule has 0 radical (unpaired) electrons. The maximum atomic E-state index is 4.56. The molecule has 0 saturated heterocycles. The van der Waals surface area contributed by atoms with Crippen LogP contribution in [0.5, 0.6) is 0 Å². The molecule has 0 aliphatic carbocycles. The van der Waals surface area contributed by atoms with E-state index in [4.69, 9.17) is 0 Å². The second kappa shape index (κ2) is 9.43. The molecular weight excluding hydrogens is 264 g/mol. The molecule has 0 spiro atoms. The third kappa shape index (κ3) is 6.78. The Bertz CT molecular complexity index is 351. The van der Waals surface area contributed by atoms with Crippen LogP contribution in [0, 0.1) is 5.92 Å². The van der Waals surface area contributed by atoms with E-state index in [1.54, 1.807) is 0 Å². The molecular formula is C17H30N2S. The van der Waals surface area contributed by atoms with E-state index in [1.165, 1.54) is 5.56 Å². The lowest BCUT2D eigenvalue weighted by atomic mass is 10.00. The first-order valence-electron chi connectivity index (χ1n) is 7.55. The van der Waals surface area contributed by atoms with Crippen LogP contribution in [-0.4, -0.2) is 55.8 Å². The molecule has 1 rings (SSSR count). The third-order valence-electron chi connectivity index (χ3n) is 3.46. The molecule has 114 valence electrons. The van der Waals surface area contributed by atoms with Gasteiger partial charge in [-0.25, -0.2) is 0 Å². The van der Waals surface area contributed by atoms with Gasteiger partial charge >= 0.3 is 0 Å². The summed E-state index contributed by atoms with van der Waals surface area (Å²) in [6, 6.07) is 10.8. The van der Waals surface area contributed by atoms with Crippen LogP contribution in [0.25, 0.3) is 0 Å². The molecule has 0 bridgehead atoms. The molecule has 1 atom stereocenters. The Labute approximate surface area is 130 Å². The monoisotopic (exact) mass is 294 g/mol. The van der Waals surface area contributed by atoms with E-state index >= 15 is 0 Å². The molecule has 3 heteroatoms. The van der Waals surface area contributed by atoms with Crippen LogP contribution in [0.1, 0.15) is 25.3 Å². The molecule has 20 heavy (non-hydrogen) atoms. The predicted molar refractivity (Wildman–Crippen MR) is 92.9 cm³/mol. The van der Waals surface area contributed by atoms with Crippen molar-refractivity contribution in [3.8, 4) is 0 Å². The van der Waals surface area contributed by atoms with Gasteiger partial charge < -0.3 is 9.80 Å². The van der Waals surface area contributed by atoms with E-state index in [-0.39, 0.29) is 0 Å². The highest BCUT2D eigenvalue weighted by Gasteiger charge is 2.16. The standard InChI is InChI=1S/C17H30N2S/c1-15(2)12-19(11-10-18(3)4)13-17(14-20)16-8-6-5-7-9-16/h5-9,15,17,20H,10-14H2,1-4H3. The molecule has 0 heterocycles. The van der Waals surface area contributed by atoms with Gasteiger partial charge in [0.25, 0.3) is 0 Å². The van der Waals surface area contributed by atoms with Gasteiger partial charge in [0.15, 0.2) is 0 Å². The first-order valence-corrected chi connectivity index (χ1v) is 8.19. The first kappa shape index (κ1) is 17.5. The van der Waals surface area contributed by atoms with Gasteiger partial charge in [0.1, 0.15) is 0 Å². The average molecular weight is 295 g/mol. The fraction of sp³-hybridized carbons (Fsp3) is 0.647. The van der Waals surface area contributed by atoms with E-state index in [2.05, 4.69) is 80.7 Å². The minimum absolute atomic E-state index is 0.514. The lowest BCUT2D eigenvalue weighted by Gasteiger charge is -2.29. The van der Waals surface area contributed by atoms with Crippen molar-refractivity contribution in [1.29, 1.82) is 0 Å². The zero-order valence-corrected chi connectivity index (χ0v) is 14.3. The second-order valence-corrected chi connectivity index (χ2v) is 6.61. The van der Waals surface area contributed by atoms with Crippen LogP contribution >= 0.6 is 12.6 Å². The van der Waals surface area contributed by atoms with E-state index in [0.717, 1.165) is 31.9 Å². The quantitative estimate of drug-likeness (QED) is 0.699. The Balaban J connectivity index is 2.65. The van der Waals surface area contributed by atoms with Crippen molar-refractivity contribution in [2.24, 2.45) is 5.92 Å². The fourth-order valence-corrected chi connectivity index (χ4v) is 2.75. The van der Waals surface area contributed by atoms with E-state index in [0.29, 0.717) is 11.8 Å². The molecule has 1 aromatic rings. The zero-order chi connectivity index (χ0) is 15.0. The number of benzene rings is 1. The molecule has 1 unspecified atom stereocenters. The third-order valence-corrected chi connectivity index (χ3v) is 3.90. The molecule has 0 aliphatic rings. The van der Waals surface area contributed by atoms with Crippen molar-refractivity contribution in [3.63, 3.8) is 0 Å². The van der Waals surface area contributed by atoms with Gasteiger partial charge in [-0.15, -0.1) is 0 Å². The summed E-state index contributed by atoms with van der Waals surface area (Å²) in [4.78, 5) is 4.84. The van der Waals surface area contributed by atoms with E-state index in [9.17, 15) is 0 Å². The first-order chi connectivity index (χ1) is 9.52. The fourth-order valence-electron chi connectivity index (χ4n) is 2.42.